The van der Waals surface area contributed by atoms with Gasteiger partial charge in [-0.25, -0.2) is 8.42 Å². The number of methoxy groups -OCH3 is 1. The number of nitrogens with one attached hydrogen (secondary N) is 1. The zero-order valence-corrected chi connectivity index (χ0v) is 16.6. The third-order valence-electron chi connectivity index (χ3n) is 3.95. The van der Waals surface area contributed by atoms with Gasteiger partial charge in [0, 0.05) is 31.1 Å². The summed E-state index contributed by atoms with van der Waals surface area (Å²) in [5.74, 6) is 0.851. The molecular weight excluding hydrogens is 356 g/mol. The van der Waals surface area contributed by atoms with Crippen molar-refractivity contribution < 1.29 is 13.2 Å². The third-order valence-corrected chi connectivity index (χ3v) is 7.61. The fraction of sp³-hybridized carbons (Fsp3) is 0.444. The smallest absolute Gasteiger partial charge is 0.252 e. The van der Waals surface area contributed by atoms with Crippen molar-refractivity contribution in [2.24, 2.45) is 0 Å². The van der Waals surface area contributed by atoms with E-state index in [1.54, 1.807) is 13.2 Å². The molecule has 1 heterocycles. The van der Waals surface area contributed by atoms with Gasteiger partial charge in [-0.3, -0.25) is 0 Å². The van der Waals surface area contributed by atoms with Gasteiger partial charge in [0.1, 0.15) is 9.96 Å². The number of thiophene rings is 1. The lowest BCUT2D eigenvalue weighted by molar-refractivity contribution is 0.414. The van der Waals surface area contributed by atoms with Crippen LogP contribution in [0.4, 0.5) is 0 Å². The van der Waals surface area contributed by atoms with Gasteiger partial charge in [0.25, 0.3) is 10.0 Å². The summed E-state index contributed by atoms with van der Waals surface area (Å²) in [6, 6.07) is 11.6. The summed E-state index contributed by atoms with van der Waals surface area (Å²) in [6.45, 7) is 6.26. The Kier molecular flexibility index (Phi) is 7.43. The number of nitrogens with zero attached hydrogens (tertiary/aromatic N) is 1. The van der Waals surface area contributed by atoms with Crippen molar-refractivity contribution in [3.8, 4) is 5.75 Å². The van der Waals surface area contributed by atoms with Crippen molar-refractivity contribution in [3.05, 3.63) is 46.8 Å². The van der Waals surface area contributed by atoms with E-state index in [2.05, 4.69) is 11.4 Å². The lowest BCUT2D eigenvalue weighted by atomic mass is 10.2. The summed E-state index contributed by atoms with van der Waals surface area (Å²) < 4.78 is 32.1. The first kappa shape index (κ1) is 19.9. The highest BCUT2D eigenvalue weighted by Crippen LogP contribution is 2.25. The van der Waals surface area contributed by atoms with Crippen LogP contribution in [0.1, 0.15) is 24.3 Å². The quantitative estimate of drug-likeness (QED) is 0.642. The van der Waals surface area contributed by atoms with Gasteiger partial charge in [-0.2, -0.15) is 4.31 Å². The zero-order valence-electron chi connectivity index (χ0n) is 15.0. The molecule has 0 aliphatic carbocycles. The molecule has 25 heavy (non-hydrogen) atoms. The first-order valence-electron chi connectivity index (χ1n) is 8.43. The number of ether oxygens (including phenoxy) is 1. The lowest BCUT2D eigenvalue weighted by Gasteiger charge is -2.16. The molecule has 7 heteroatoms. The number of hydrogen-bond donors (Lipinski definition) is 1. The molecule has 0 unspecified atom stereocenters. The van der Waals surface area contributed by atoms with E-state index < -0.39 is 10.0 Å². The van der Waals surface area contributed by atoms with E-state index in [1.807, 2.05) is 38.1 Å². The Morgan fingerprint density at radius 2 is 1.92 bits per heavy atom. The highest BCUT2D eigenvalue weighted by molar-refractivity contribution is 7.91. The Hall–Kier alpha value is -1.41. The maximum absolute atomic E-state index is 12.5. The zero-order chi connectivity index (χ0) is 18.3. The van der Waals surface area contributed by atoms with Crippen LogP contribution in [0.25, 0.3) is 0 Å². The second kappa shape index (κ2) is 9.33. The van der Waals surface area contributed by atoms with Gasteiger partial charge in [-0.1, -0.05) is 26.0 Å². The Balaban J connectivity index is 1.87. The van der Waals surface area contributed by atoms with Crippen LogP contribution >= 0.6 is 11.3 Å². The second-order valence-electron chi connectivity index (χ2n) is 5.59. The van der Waals surface area contributed by atoms with Crippen LogP contribution in [0.15, 0.2) is 40.6 Å². The molecule has 0 aliphatic heterocycles. The number of benzene rings is 1. The van der Waals surface area contributed by atoms with Crippen molar-refractivity contribution in [3.63, 3.8) is 0 Å². The standard InChI is InChI=1S/C18H26N2O3S2/c1-4-20(5-2)25(21,22)18-10-9-17(24-18)11-12-19-14-15-7-6-8-16(13-15)23-3/h6-10,13,19H,4-5,11-12,14H2,1-3H3. The molecule has 0 spiro atoms. The van der Waals surface area contributed by atoms with Crippen LogP contribution in [-0.2, 0) is 23.0 Å². The lowest BCUT2D eigenvalue weighted by Crippen LogP contribution is -2.29. The molecule has 138 valence electrons. The molecule has 0 saturated carbocycles. The molecule has 1 aromatic carbocycles. The monoisotopic (exact) mass is 382 g/mol. The molecule has 0 amide bonds. The van der Waals surface area contributed by atoms with E-state index in [1.165, 1.54) is 15.6 Å². The fourth-order valence-corrected chi connectivity index (χ4v) is 5.52. The van der Waals surface area contributed by atoms with Crippen LogP contribution in [0, 0.1) is 0 Å². The number of rotatable bonds is 10. The van der Waals surface area contributed by atoms with Crippen molar-refractivity contribution in [2.75, 3.05) is 26.7 Å². The minimum atomic E-state index is -3.34. The van der Waals surface area contributed by atoms with Crippen LogP contribution in [0.5, 0.6) is 5.75 Å². The molecule has 0 fully saturated rings. The van der Waals surface area contributed by atoms with Gasteiger partial charge < -0.3 is 10.1 Å². The first-order valence-corrected chi connectivity index (χ1v) is 10.7. The van der Waals surface area contributed by atoms with E-state index in [0.717, 1.165) is 35.7 Å². The molecule has 1 N–H and O–H groups in total. The molecule has 5 nitrogen and oxygen atoms in total. The molecule has 1 aromatic heterocycles. The van der Waals surface area contributed by atoms with Crippen LogP contribution in [0.2, 0.25) is 0 Å². The first-order chi connectivity index (χ1) is 12.0. The highest BCUT2D eigenvalue weighted by atomic mass is 32.2. The largest absolute Gasteiger partial charge is 0.497 e. The molecule has 0 atom stereocenters. The van der Waals surface area contributed by atoms with E-state index in [9.17, 15) is 8.42 Å². The molecule has 0 bridgehead atoms. The second-order valence-corrected chi connectivity index (χ2v) is 8.92. The normalized spacial score (nSPS) is 11.8. The summed E-state index contributed by atoms with van der Waals surface area (Å²) in [6.07, 6.45) is 0.808. The topological polar surface area (TPSA) is 58.6 Å². The maximum Gasteiger partial charge on any atom is 0.252 e. The van der Waals surface area contributed by atoms with E-state index in [-0.39, 0.29) is 0 Å². The average molecular weight is 383 g/mol. The van der Waals surface area contributed by atoms with Gasteiger partial charge >= 0.3 is 0 Å². The summed E-state index contributed by atoms with van der Waals surface area (Å²) in [5, 5.41) is 3.39. The van der Waals surface area contributed by atoms with Gasteiger partial charge in [-0.15, -0.1) is 11.3 Å². The van der Waals surface area contributed by atoms with Crippen molar-refractivity contribution in [2.45, 2.75) is 31.0 Å². The molecule has 0 aliphatic rings. The maximum atomic E-state index is 12.5. The van der Waals surface area contributed by atoms with Gasteiger partial charge in [0.15, 0.2) is 0 Å². The Morgan fingerprint density at radius 1 is 1.16 bits per heavy atom. The van der Waals surface area contributed by atoms with E-state index in [4.69, 9.17) is 4.74 Å². The summed E-state index contributed by atoms with van der Waals surface area (Å²) in [7, 11) is -1.68. The molecule has 2 rings (SSSR count). The number of sulfonamides is 1. The van der Waals surface area contributed by atoms with Crippen molar-refractivity contribution in [1.29, 1.82) is 0 Å². The summed E-state index contributed by atoms with van der Waals surface area (Å²) in [5.41, 5.74) is 1.16. The van der Waals surface area contributed by atoms with E-state index >= 15 is 0 Å². The van der Waals surface area contributed by atoms with Gasteiger partial charge in [-0.05, 0) is 36.2 Å². The molecule has 0 radical (unpaired) electrons. The average Bonchev–Trinajstić information content (AvgIpc) is 3.09. The number of hydrogen-bond acceptors (Lipinski definition) is 5. The molecular formula is C18H26N2O3S2. The fourth-order valence-electron chi connectivity index (χ4n) is 2.55. The Bertz CT molecular complexity index is 768. The van der Waals surface area contributed by atoms with Crippen molar-refractivity contribution in [1.82, 2.24) is 9.62 Å². The minimum absolute atomic E-state index is 0.430. The summed E-state index contributed by atoms with van der Waals surface area (Å²) >= 11 is 1.36. The minimum Gasteiger partial charge on any atom is -0.497 e. The Labute approximate surface area is 154 Å². The van der Waals surface area contributed by atoms with Crippen LogP contribution < -0.4 is 10.1 Å². The molecule has 0 saturated heterocycles. The van der Waals surface area contributed by atoms with Gasteiger partial charge in [0.2, 0.25) is 0 Å². The highest BCUT2D eigenvalue weighted by Gasteiger charge is 2.23. The van der Waals surface area contributed by atoms with Crippen LogP contribution in [-0.4, -0.2) is 39.5 Å². The van der Waals surface area contributed by atoms with Gasteiger partial charge in [0.05, 0.1) is 7.11 Å². The van der Waals surface area contributed by atoms with E-state index in [0.29, 0.717) is 17.3 Å². The summed E-state index contributed by atoms with van der Waals surface area (Å²) in [4.78, 5) is 1.07. The predicted octanol–water partition coefficient (Wildman–Crippen LogP) is 3.12. The van der Waals surface area contributed by atoms with Crippen molar-refractivity contribution >= 4 is 21.4 Å². The van der Waals surface area contributed by atoms with Crippen LogP contribution in [0.3, 0.4) is 0 Å². The SMILES string of the molecule is CCN(CC)S(=O)(=O)c1ccc(CCNCc2cccc(OC)c2)s1. The predicted molar refractivity (Wildman–Crippen MR) is 103 cm³/mol. The third kappa shape index (κ3) is 5.28. The molecule has 2 aromatic rings. The Morgan fingerprint density at radius 3 is 2.60 bits per heavy atom.